The fraction of sp³-hybridized carbons (Fsp3) is 0.278. The van der Waals surface area contributed by atoms with Crippen LogP contribution in [0.3, 0.4) is 0 Å². The molecule has 0 spiro atoms. The van der Waals surface area contributed by atoms with Crippen molar-refractivity contribution in [2.45, 2.75) is 12.8 Å². The number of methoxy groups -OCH3 is 1. The van der Waals surface area contributed by atoms with Crippen LogP contribution in [0.15, 0.2) is 35.8 Å². The Balaban J connectivity index is 1.81. The number of rotatable bonds is 6. The highest BCUT2D eigenvalue weighted by Crippen LogP contribution is 2.36. The Bertz CT molecular complexity index is 783. The zero-order valence-electron chi connectivity index (χ0n) is 13.7. The number of hydrogen-bond donors (Lipinski definition) is 0. The van der Waals surface area contributed by atoms with Crippen molar-refractivity contribution in [3.05, 3.63) is 41.3 Å². The predicted molar refractivity (Wildman–Crippen MR) is 101 cm³/mol. The number of carbonyl (C=O) groups excluding carboxylic acids is 2. The van der Waals surface area contributed by atoms with Gasteiger partial charge in [-0.2, -0.15) is 0 Å². The van der Waals surface area contributed by atoms with Gasteiger partial charge in [-0.15, -0.1) is 6.58 Å². The number of ether oxygens (including phenoxy) is 2. The molecular formula is C18H17NO4S2. The Labute approximate surface area is 155 Å². The largest absolute Gasteiger partial charge is 0.493 e. The summed E-state index contributed by atoms with van der Waals surface area (Å²) in [5, 5.41) is 0. The van der Waals surface area contributed by atoms with E-state index in [1.807, 2.05) is 0 Å². The third-order valence-corrected chi connectivity index (χ3v) is 5.17. The van der Waals surface area contributed by atoms with Crippen LogP contribution in [0.25, 0.3) is 6.08 Å². The molecule has 1 aliphatic carbocycles. The lowest BCUT2D eigenvalue weighted by atomic mass is 10.2. The van der Waals surface area contributed by atoms with E-state index in [4.69, 9.17) is 21.7 Å². The number of thioether (sulfide) groups is 1. The Hall–Kier alpha value is -2.12. The van der Waals surface area contributed by atoms with Crippen molar-refractivity contribution in [3.8, 4) is 11.5 Å². The molecule has 2 aliphatic rings. The molecule has 1 aromatic rings. The minimum atomic E-state index is -0.226. The highest BCUT2D eigenvalue weighted by atomic mass is 32.2. The van der Waals surface area contributed by atoms with E-state index in [0.717, 1.165) is 18.4 Å². The Morgan fingerprint density at radius 1 is 1.44 bits per heavy atom. The number of amides is 1. The van der Waals surface area contributed by atoms with Gasteiger partial charge in [0.25, 0.3) is 5.91 Å². The molecular weight excluding hydrogens is 358 g/mol. The first kappa shape index (κ1) is 17.7. The fourth-order valence-corrected chi connectivity index (χ4v) is 3.58. The van der Waals surface area contributed by atoms with E-state index in [0.29, 0.717) is 27.3 Å². The first-order chi connectivity index (χ1) is 12.0. The first-order valence-corrected chi connectivity index (χ1v) is 9.02. The molecule has 1 saturated heterocycles. The van der Waals surface area contributed by atoms with Crippen molar-refractivity contribution in [1.29, 1.82) is 0 Å². The fourth-order valence-electron chi connectivity index (χ4n) is 2.31. The molecule has 0 bridgehead atoms. The summed E-state index contributed by atoms with van der Waals surface area (Å²) in [6.07, 6.45) is 5.15. The van der Waals surface area contributed by atoms with Gasteiger partial charge < -0.3 is 9.47 Å². The third kappa shape index (κ3) is 3.93. The van der Waals surface area contributed by atoms with E-state index in [1.54, 1.807) is 30.4 Å². The maximum atomic E-state index is 12.4. The SMILES string of the molecule is C=CCN1C(=O)/C(=C/c2ccc(OC(=O)C3CC3)c(OC)c2)SC1=S. The third-order valence-electron chi connectivity index (χ3n) is 3.79. The van der Waals surface area contributed by atoms with Crippen molar-refractivity contribution in [1.82, 2.24) is 4.90 Å². The molecule has 7 heteroatoms. The van der Waals surface area contributed by atoms with Crippen LogP contribution < -0.4 is 9.47 Å². The van der Waals surface area contributed by atoms with Gasteiger partial charge >= 0.3 is 5.97 Å². The molecule has 1 heterocycles. The van der Waals surface area contributed by atoms with Crippen LogP contribution in [-0.4, -0.2) is 34.8 Å². The van der Waals surface area contributed by atoms with Crippen molar-refractivity contribution in [3.63, 3.8) is 0 Å². The summed E-state index contributed by atoms with van der Waals surface area (Å²) in [5.41, 5.74) is 0.766. The second-order valence-corrected chi connectivity index (χ2v) is 7.36. The van der Waals surface area contributed by atoms with Gasteiger partial charge in [0.05, 0.1) is 17.9 Å². The van der Waals surface area contributed by atoms with Crippen LogP contribution in [0, 0.1) is 5.92 Å². The number of benzene rings is 1. The van der Waals surface area contributed by atoms with Crippen LogP contribution >= 0.6 is 24.0 Å². The highest BCUT2D eigenvalue weighted by molar-refractivity contribution is 8.26. The predicted octanol–water partition coefficient (Wildman–Crippen LogP) is 3.40. The normalized spacial score (nSPS) is 18.6. The van der Waals surface area contributed by atoms with Gasteiger partial charge in [0, 0.05) is 6.54 Å². The smallest absolute Gasteiger partial charge is 0.314 e. The van der Waals surface area contributed by atoms with Gasteiger partial charge in [-0.3, -0.25) is 14.5 Å². The zero-order chi connectivity index (χ0) is 18.0. The minimum Gasteiger partial charge on any atom is -0.493 e. The molecule has 0 atom stereocenters. The highest BCUT2D eigenvalue weighted by Gasteiger charge is 2.33. The molecule has 1 aliphatic heterocycles. The Kier molecular flexibility index (Phi) is 5.24. The molecule has 0 N–H and O–H groups in total. The Morgan fingerprint density at radius 3 is 2.84 bits per heavy atom. The van der Waals surface area contributed by atoms with Crippen molar-refractivity contribution < 1.29 is 19.1 Å². The van der Waals surface area contributed by atoms with E-state index in [1.165, 1.54) is 23.8 Å². The lowest BCUT2D eigenvalue weighted by molar-refractivity contribution is -0.135. The monoisotopic (exact) mass is 375 g/mol. The summed E-state index contributed by atoms with van der Waals surface area (Å²) in [6, 6.07) is 5.18. The first-order valence-electron chi connectivity index (χ1n) is 7.79. The van der Waals surface area contributed by atoms with Gasteiger partial charge in [-0.25, -0.2) is 0 Å². The number of esters is 1. The molecule has 0 radical (unpaired) electrons. The van der Waals surface area contributed by atoms with E-state index in [9.17, 15) is 9.59 Å². The van der Waals surface area contributed by atoms with Crippen LogP contribution in [0.4, 0.5) is 0 Å². The zero-order valence-corrected chi connectivity index (χ0v) is 15.3. The average Bonchev–Trinajstić information content (AvgIpc) is 3.41. The summed E-state index contributed by atoms with van der Waals surface area (Å²) in [4.78, 5) is 26.2. The lowest BCUT2D eigenvalue weighted by Crippen LogP contribution is -2.27. The summed E-state index contributed by atoms with van der Waals surface area (Å²) in [7, 11) is 1.51. The molecule has 0 aromatic heterocycles. The molecule has 25 heavy (non-hydrogen) atoms. The van der Waals surface area contributed by atoms with Crippen molar-refractivity contribution in [2.24, 2.45) is 5.92 Å². The van der Waals surface area contributed by atoms with Crippen molar-refractivity contribution in [2.75, 3.05) is 13.7 Å². The molecule has 130 valence electrons. The van der Waals surface area contributed by atoms with E-state index in [-0.39, 0.29) is 17.8 Å². The molecule has 1 amide bonds. The number of thiocarbonyl (C=S) groups is 1. The number of carbonyl (C=O) groups is 2. The quantitative estimate of drug-likeness (QED) is 0.250. The van der Waals surface area contributed by atoms with Gasteiger partial charge in [0.15, 0.2) is 11.5 Å². The number of nitrogens with zero attached hydrogens (tertiary/aromatic N) is 1. The van der Waals surface area contributed by atoms with Gasteiger partial charge in [-0.1, -0.05) is 36.1 Å². The molecule has 1 aromatic carbocycles. The second kappa shape index (κ2) is 7.41. The number of hydrogen-bond acceptors (Lipinski definition) is 6. The van der Waals surface area contributed by atoms with Gasteiger partial charge in [-0.05, 0) is 36.6 Å². The standard InChI is InChI=1S/C18H17NO4S2/c1-3-8-19-16(20)15(25-18(19)24)10-11-4-7-13(14(9-11)22-2)23-17(21)12-5-6-12/h3-4,7,9-10,12H,1,5-6,8H2,2H3/b15-10-. The molecule has 3 rings (SSSR count). The minimum absolute atomic E-state index is 0.0101. The van der Waals surface area contributed by atoms with E-state index >= 15 is 0 Å². The summed E-state index contributed by atoms with van der Waals surface area (Å²) >= 11 is 6.47. The average molecular weight is 375 g/mol. The summed E-state index contributed by atoms with van der Waals surface area (Å²) < 4.78 is 11.2. The second-order valence-electron chi connectivity index (χ2n) is 5.69. The van der Waals surface area contributed by atoms with Crippen molar-refractivity contribution >= 4 is 46.3 Å². The summed E-state index contributed by atoms with van der Waals surface area (Å²) in [5.74, 6) is 0.477. The molecule has 1 saturated carbocycles. The van der Waals surface area contributed by atoms with E-state index < -0.39 is 0 Å². The molecule has 5 nitrogen and oxygen atoms in total. The topological polar surface area (TPSA) is 55.8 Å². The maximum Gasteiger partial charge on any atom is 0.314 e. The van der Waals surface area contributed by atoms with Crippen LogP contribution in [0.5, 0.6) is 11.5 Å². The molecule has 0 unspecified atom stereocenters. The summed E-state index contributed by atoms with van der Waals surface area (Å²) in [6.45, 7) is 4.02. The maximum absolute atomic E-state index is 12.4. The van der Waals surface area contributed by atoms with Crippen LogP contribution in [-0.2, 0) is 9.59 Å². The molecule has 2 fully saturated rings. The van der Waals surface area contributed by atoms with E-state index in [2.05, 4.69) is 6.58 Å². The van der Waals surface area contributed by atoms with Crippen LogP contribution in [0.2, 0.25) is 0 Å². The lowest BCUT2D eigenvalue weighted by Gasteiger charge is -2.10. The van der Waals surface area contributed by atoms with Gasteiger partial charge in [0.1, 0.15) is 4.32 Å². The Morgan fingerprint density at radius 2 is 2.20 bits per heavy atom. The van der Waals surface area contributed by atoms with Crippen LogP contribution in [0.1, 0.15) is 18.4 Å². The van der Waals surface area contributed by atoms with Gasteiger partial charge in [0.2, 0.25) is 0 Å².